The van der Waals surface area contributed by atoms with E-state index in [4.69, 9.17) is 0 Å². The number of hydrogen-bond donors (Lipinski definition) is 1. The number of halogens is 1. The van der Waals surface area contributed by atoms with Gasteiger partial charge >= 0.3 is 0 Å². The van der Waals surface area contributed by atoms with E-state index in [1.54, 1.807) is 12.1 Å². The van der Waals surface area contributed by atoms with Gasteiger partial charge in [-0.3, -0.25) is 14.9 Å². The molecule has 0 aliphatic rings. The van der Waals surface area contributed by atoms with Crippen molar-refractivity contribution in [2.75, 3.05) is 0 Å². The van der Waals surface area contributed by atoms with Gasteiger partial charge in [0.05, 0.1) is 0 Å². The van der Waals surface area contributed by atoms with E-state index >= 15 is 0 Å². The van der Waals surface area contributed by atoms with Crippen LogP contribution in [0.25, 0.3) is 0 Å². The Hall–Kier alpha value is -0.910. The third-order valence-electron chi connectivity index (χ3n) is 1.66. The van der Waals surface area contributed by atoms with Crippen molar-refractivity contribution in [2.24, 2.45) is 0 Å². The maximum absolute atomic E-state index is 11.3. The lowest BCUT2D eigenvalue weighted by molar-refractivity contribution is -0.118. The molecule has 4 heteroatoms. The molecule has 1 rings (SSSR count). The van der Waals surface area contributed by atoms with Crippen molar-refractivity contribution in [3.05, 3.63) is 35.4 Å². The molecule has 74 valence electrons. The van der Waals surface area contributed by atoms with Crippen LogP contribution in [0.1, 0.15) is 22.8 Å². The number of imide groups is 1. The van der Waals surface area contributed by atoms with Crippen molar-refractivity contribution in [1.82, 2.24) is 5.32 Å². The molecular weight excluding hydrogens is 293 g/mol. The van der Waals surface area contributed by atoms with Gasteiger partial charge in [-0.25, -0.2) is 0 Å². The number of carbonyl (C=O) groups excluding carboxylic acids is 2. The summed E-state index contributed by atoms with van der Waals surface area (Å²) in [5.74, 6) is -0.689. The van der Waals surface area contributed by atoms with E-state index in [0.717, 1.165) is 9.99 Å². The van der Waals surface area contributed by atoms with Crippen molar-refractivity contribution in [3.8, 4) is 0 Å². The topological polar surface area (TPSA) is 46.2 Å². The minimum Gasteiger partial charge on any atom is -0.293 e. The summed E-state index contributed by atoms with van der Waals surface area (Å²) in [6.07, 6.45) is 0. The molecule has 0 atom stereocenters. The van der Waals surface area contributed by atoms with Crippen LogP contribution in [0.4, 0.5) is 0 Å². The second-order valence-electron chi connectivity index (χ2n) is 2.84. The van der Waals surface area contributed by atoms with Gasteiger partial charge in [-0.05, 0) is 17.7 Å². The van der Waals surface area contributed by atoms with Gasteiger partial charge in [0.2, 0.25) is 5.91 Å². The fourth-order valence-electron chi connectivity index (χ4n) is 0.977. The van der Waals surface area contributed by atoms with Gasteiger partial charge in [0, 0.05) is 16.9 Å². The molecule has 0 saturated carbocycles. The summed E-state index contributed by atoms with van der Waals surface area (Å²) in [6.45, 7) is 1.32. The smallest absolute Gasteiger partial charge is 0.257 e. The molecule has 3 nitrogen and oxygen atoms in total. The van der Waals surface area contributed by atoms with E-state index in [1.807, 2.05) is 12.1 Å². The third-order valence-corrected chi connectivity index (χ3v) is 2.54. The van der Waals surface area contributed by atoms with E-state index in [2.05, 4.69) is 27.9 Å². The fourth-order valence-corrected chi connectivity index (χ4v) is 1.49. The summed E-state index contributed by atoms with van der Waals surface area (Å²) >= 11 is 2.25. The van der Waals surface area contributed by atoms with Crippen LogP contribution in [-0.2, 0) is 9.22 Å². The summed E-state index contributed by atoms with van der Waals surface area (Å²) in [5, 5.41) is 2.22. The Morgan fingerprint density at radius 3 is 2.29 bits per heavy atom. The molecule has 0 aliphatic carbocycles. The van der Waals surface area contributed by atoms with Crippen LogP contribution in [0.5, 0.6) is 0 Å². The molecule has 1 aromatic rings. The first-order valence-electron chi connectivity index (χ1n) is 4.10. The van der Waals surface area contributed by atoms with Gasteiger partial charge < -0.3 is 0 Å². The highest BCUT2D eigenvalue weighted by Gasteiger charge is 2.05. The predicted octanol–water partition coefficient (Wildman–Crippen LogP) is 1.90. The standard InChI is InChI=1S/C10H10INO2/c1-7(13)12-10(14)9-4-2-8(6-11)3-5-9/h2-5H,6H2,1H3,(H,12,13,14). The fraction of sp³-hybridized carbons (Fsp3) is 0.200. The second-order valence-corrected chi connectivity index (χ2v) is 3.60. The van der Waals surface area contributed by atoms with E-state index in [0.29, 0.717) is 5.56 Å². The number of alkyl halides is 1. The van der Waals surface area contributed by atoms with Gasteiger partial charge in [-0.1, -0.05) is 34.7 Å². The van der Waals surface area contributed by atoms with Crippen molar-refractivity contribution < 1.29 is 9.59 Å². The molecular formula is C10H10INO2. The highest BCUT2D eigenvalue weighted by atomic mass is 127. The number of nitrogens with one attached hydrogen (secondary N) is 1. The van der Waals surface area contributed by atoms with Gasteiger partial charge in [0.1, 0.15) is 0 Å². The Kier molecular flexibility index (Phi) is 4.06. The Morgan fingerprint density at radius 2 is 1.86 bits per heavy atom. The lowest BCUT2D eigenvalue weighted by atomic mass is 10.1. The summed E-state index contributed by atoms with van der Waals surface area (Å²) in [7, 11) is 0. The third kappa shape index (κ3) is 3.10. The molecule has 0 fully saturated rings. The molecule has 0 heterocycles. The van der Waals surface area contributed by atoms with Crippen LogP contribution in [0, 0.1) is 0 Å². The molecule has 0 spiro atoms. The van der Waals surface area contributed by atoms with Gasteiger partial charge in [0.15, 0.2) is 0 Å². The predicted molar refractivity (Wildman–Crippen MR) is 62.3 cm³/mol. The molecule has 0 unspecified atom stereocenters. The second kappa shape index (κ2) is 5.09. The van der Waals surface area contributed by atoms with Crippen LogP contribution < -0.4 is 5.32 Å². The van der Waals surface area contributed by atoms with Crippen LogP contribution in [0.2, 0.25) is 0 Å². The summed E-state index contributed by atoms with van der Waals surface area (Å²) < 4.78 is 0.909. The Morgan fingerprint density at radius 1 is 1.29 bits per heavy atom. The number of amides is 2. The van der Waals surface area contributed by atoms with E-state index in [9.17, 15) is 9.59 Å². The van der Waals surface area contributed by atoms with E-state index < -0.39 is 0 Å². The summed E-state index contributed by atoms with van der Waals surface area (Å²) in [6, 6.07) is 7.18. The number of benzene rings is 1. The van der Waals surface area contributed by atoms with Crippen molar-refractivity contribution in [2.45, 2.75) is 11.4 Å². The molecule has 0 aromatic heterocycles. The average molecular weight is 303 g/mol. The van der Waals surface area contributed by atoms with Crippen molar-refractivity contribution in [3.63, 3.8) is 0 Å². The maximum Gasteiger partial charge on any atom is 0.257 e. The van der Waals surface area contributed by atoms with Crippen LogP contribution in [-0.4, -0.2) is 11.8 Å². The first-order valence-corrected chi connectivity index (χ1v) is 5.63. The zero-order chi connectivity index (χ0) is 10.6. The summed E-state index contributed by atoms with van der Waals surface area (Å²) in [5.41, 5.74) is 1.67. The Bertz CT molecular complexity index is 346. The minimum atomic E-state index is -0.350. The molecule has 0 aliphatic heterocycles. The number of rotatable bonds is 2. The van der Waals surface area contributed by atoms with Crippen molar-refractivity contribution >= 4 is 34.4 Å². The summed E-state index contributed by atoms with van der Waals surface area (Å²) in [4.78, 5) is 21.9. The Labute approximate surface area is 96.0 Å². The molecule has 2 amide bonds. The largest absolute Gasteiger partial charge is 0.293 e. The molecule has 0 saturated heterocycles. The highest BCUT2D eigenvalue weighted by molar-refractivity contribution is 14.1. The average Bonchev–Trinajstić information content (AvgIpc) is 2.17. The van der Waals surface area contributed by atoms with Gasteiger partial charge in [-0.2, -0.15) is 0 Å². The molecule has 0 radical (unpaired) electrons. The first kappa shape index (κ1) is 11.2. The maximum atomic E-state index is 11.3. The number of hydrogen-bond acceptors (Lipinski definition) is 2. The lowest BCUT2D eigenvalue weighted by Crippen LogP contribution is -2.27. The molecule has 14 heavy (non-hydrogen) atoms. The van der Waals surface area contributed by atoms with Crippen LogP contribution in [0.15, 0.2) is 24.3 Å². The van der Waals surface area contributed by atoms with E-state index in [-0.39, 0.29) is 11.8 Å². The van der Waals surface area contributed by atoms with Gasteiger partial charge in [-0.15, -0.1) is 0 Å². The molecule has 0 bridgehead atoms. The van der Waals surface area contributed by atoms with E-state index in [1.165, 1.54) is 6.92 Å². The van der Waals surface area contributed by atoms with Crippen LogP contribution in [0.3, 0.4) is 0 Å². The first-order chi connectivity index (χ1) is 6.63. The van der Waals surface area contributed by atoms with Crippen molar-refractivity contribution in [1.29, 1.82) is 0 Å². The monoisotopic (exact) mass is 303 g/mol. The minimum absolute atomic E-state index is 0.340. The molecule has 1 aromatic carbocycles. The van der Waals surface area contributed by atoms with Gasteiger partial charge in [0.25, 0.3) is 5.91 Å². The highest BCUT2D eigenvalue weighted by Crippen LogP contribution is 2.07. The zero-order valence-electron chi connectivity index (χ0n) is 7.71. The number of carbonyl (C=O) groups is 2. The lowest BCUT2D eigenvalue weighted by Gasteiger charge is -2.01. The zero-order valence-corrected chi connectivity index (χ0v) is 9.87. The SMILES string of the molecule is CC(=O)NC(=O)c1ccc(CI)cc1. The normalized spacial score (nSPS) is 9.57. The Balaban J connectivity index is 2.76. The van der Waals surface area contributed by atoms with Crippen LogP contribution >= 0.6 is 22.6 Å². The quantitative estimate of drug-likeness (QED) is 0.670. The molecule has 1 N–H and O–H groups in total.